The lowest BCUT2D eigenvalue weighted by molar-refractivity contribution is 0.746. The fraction of sp³-hybridized carbons (Fsp3) is 0.500. The van der Waals surface area contributed by atoms with Crippen LogP contribution < -0.4 is 0 Å². The van der Waals surface area contributed by atoms with Crippen molar-refractivity contribution < 1.29 is 0 Å². The van der Waals surface area contributed by atoms with Crippen molar-refractivity contribution >= 4 is 12.2 Å². The molecule has 86 valence electrons. The van der Waals surface area contributed by atoms with Crippen LogP contribution in [-0.4, -0.2) is 24.5 Å². The van der Waals surface area contributed by atoms with Gasteiger partial charge in [-0.15, -0.1) is 0 Å². The Labute approximate surface area is 99.1 Å². The molecule has 0 fully saturated rings. The number of H-pyrrole nitrogens is 1. The summed E-state index contributed by atoms with van der Waals surface area (Å²) < 4.78 is 4.39. The largest absolute Gasteiger partial charge is 0.273 e. The predicted octanol–water partition coefficient (Wildman–Crippen LogP) is 1.79. The maximum absolute atomic E-state index is 5.25. The Morgan fingerprint density at radius 2 is 2.12 bits per heavy atom. The lowest BCUT2D eigenvalue weighted by Gasteiger charge is -2.03. The zero-order chi connectivity index (χ0) is 11.7. The molecule has 0 radical (unpaired) electrons. The number of aryl methyl sites for hydroxylation is 3. The molecule has 6 heteroatoms. The van der Waals surface area contributed by atoms with Crippen molar-refractivity contribution in [2.24, 2.45) is 7.05 Å². The molecule has 0 saturated heterocycles. The number of hydrogen-bond donors (Lipinski definition) is 1. The van der Waals surface area contributed by atoms with Gasteiger partial charge >= 0.3 is 0 Å². The second kappa shape index (κ2) is 4.21. The van der Waals surface area contributed by atoms with Crippen molar-refractivity contribution in [2.45, 2.75) is 26.7 Å². The second-order valence-corrected chi connectivity index (χ2v) is 4.01. The summed E-state index contributed by atoms with van der Waals surface area (Å²) in [7, 11) is 1.91. The summed E-state index contributed by atoms with van der Waals surface area (Å²) in [5.41, 5.74) is 2.07. The van der Waals surface area contributed by atoms with Crippen molar-refractivity contribution in [2.75, 3.05) is 0 Å². The van der Waals surface area contributed by atoms with Gasteiger partial charge in [-0.25, -0.2) is 0 Å². The number of rotatable bonds is 3. The van der Waals surface area contributed by atoms with E-state index < -0.39 is 0 Å². The molecule has 2 aromatic heterocycles. The third-order valence-electron chi connectivity index (χ3n) is 2.52. The minimum absolute atomic E-state index is 0.625. The zero-order valence-corrected chi connectivity index (χ0v) is 10.5. The van der Waals surface area contributed by atoms with Gasteiger partial charge in [0.25, 0.3) is 0 Å². The molecule has 0 aromatic carbocycles. The van der Waals surface area contributed by atoms with Crippen LogP contribution in [0.3, 0.4) is 0 Å². The van der Waals surface area contributed by atoms with Crippen LogP contribution in [0, 0.1) is 4.77 Å². The first-order valence-corrected chi connectivity index (χ1v) is 5.77. The molecule has 0 bridgehead atoms. The van der Waals surface area contributed by atoms with Gasteiger partial charge in [0.2, 0.25) is 0 Å². The summed E-state index contributed by atoms with van der Waals surface area (Å²) in [6, 6.07) is 0. The normalized spacial score (nSPS) is 10.9. The summed E-state index contributed by atoms with van der Waals surface area (Å²) in [6.45, 7) is 4.14. The fourth-order valence-corrected chi connectivity index (χ4v) is 2.03. The third-order valence-corrected chi connectivity index (χ3v) is 2.79. The van der Waals surface area contributed by atoms with Gasteiger partial charge in [-0.1, -0.05) is 13.8 Å². The predicted molar refractivity (Wildman–Crippen MR) is 64.3 cm³/mol. The second-order valence-electron chi connectivity index (χ2n) is 3.62. The molecule has 0 aliphatic heterocycles. The topological polar surface area (TPSA) is 51.4 Å². The molecule has 1 N–H and O–H groups in total. The molecule has 5 nitrogen and oxygen atoms in total. The third kappa shape index (κ3) is 1.69. The fourth-order valence-electron chi connectivity index (χ4n) is 1.78. The first-order chi connectivity index (χ1) is 7.67. The molecular weight excluding hydrogens is 222 g/mol. The van der Waals surface area contributed by atoms with E-state index in [0.717, 1.165) is 30.0 Å². The van der Waals surface area contributed by atoms with E-state index in [-0.39, 0.29) is 0 Å². The van der Waals surface area contributed by atoms with Crippen LogP contribution in [0.15, 0.2) is 6.20 Å². The van der Waals surface area contributed by atoms with Crippen LogP contribution in [0.5, 0.6) is 0 Å². The standard InChI is InChI=1S/C10H15N5S/c1-4-7-8(6-14(3)13-7)15-9(5-2)11-12-10(15)16/h6H,4-5H2,1-3H3,(H,12,16). The van der Waals surface area contributed by atoms with E-state index in [1.807, 2.05) is 22.5 Å². The molecule has 2 aromatic rings. The van der Waals surface area contributed by atoms with Crippen molar-refractivity contribution in [1.29, 1.82) is 0 Å². The van der Waals surface area contributed by atoms with Crippen LogP contribution in [0.4, 0.5) is 0 Å². The van der Waals surface area contributed by atoms with Gasteiger partial charge in [-0.2, -0.15) is 10.2 Å². The quantitative estimate of drug-likeness (QED) is 0.828. The number of nitrogens with zero attached hydrogens (tertiary/aromatic N) is 4. The molecule has 0 saturated carbocycles. The van der Waals surface area contributed by atoms with E-state index in [1.165, 1.54) is 0 Å². The van der Waals surface area contributed by atoms with Gasteiger partial charge in [-0.3, -0.25) is 14.3 Å². The average Bonchev–Trinajstić information content (AvgIpc) is 2.80. The Morgan fingerprint density at radius 3 is 2.75 bits per heavy atom. The summed E-state index contributed by atoms with van der Waals surface area (Å²) in [4.78, 5) is 0. The number of aromatic amines is 1. The maximum atomic E-state index is 5.25. The van der Waals surface area contributed by atoms with Crippen LogP contribution in [0.1, 0.15) is 25.4 Å². The number of nitrogens with one attached hydrogen (secondary N) is 1. The molecule has 0 aliphatic carbocycles. The molecule has 0 atom stereocenters. The van der Waals surface area contributed by atoms with Crippen LogP contribution in [0.2, 0.25) is 0 Å². The van der Waals surface area contributed by atoms with Gasteiger partial charge in [0.15, 0.2) is 4.77 Å². The van der Waals surface area contributed by atoms with E-state index in [0.29, 0.717) is 4.77 Å². The summed E-state index contributed by atoms with van der Waals surface area (Å²) in [6.07, 6.45) is 3.70. The molecule has 0 unspecified atom stereocenters. The van der Waals surface area contributed by atoms with Crippen molar-refractivity contribution in [3.8, 4) is 5.69 Å². The minimum Gasteiger partial charge on any atom is -0.273 e. The first kappa shape index (κ1) is 11.1. The molecule has 0 aliphatic rings. The van der Waals surface area contributed by atoms with E-state index >= 15 is 0 Å². The van der Waals surface area contributed by atoms with Gasteiger partial charge in [0.05, 0.1) is 11.4 Å². The summed E-state index contributed by atoms with van der Waals surface area (Å²) in [5, 5.41) is 11.4. The highest BCUT2D eigenvalue weighted by Gasteiger charge is 2.12. The van der Waals surface area contributed by atoms with Gasteiger partial charge in [0.1, 0.15) is 5.82 Å². The van der Waals surface area contributed by atoms with Crippen molar-refractivity contribution in [1.82, 2.24) is 24.5 Å². The Kier molecular flexibility index (Phi) is 2.91. The monoisotopic (exact) mass is 237 g/mol. The molecule has 16 heavy (non-hydrogen) atoms. The smallest absolute Gasteiger partial charge is 0.199 e. The molecule has 2 heterocycles. The Bertz CT molecular complexity index is 548. The lowest BCUT2D eigenvalue weighted by atomic mass is 10.3. The molecule has 0 amide bonds. The first-order valence-electron chi connectivity index (χ1n) is 5.36. The summed E-state index contributed by atoms with van der Waals surface area (Å²) in [5.74, 6) is 0.938. The van der Waals surface area contributed by atoms with Gasteiger partial charge in [0, 0.05) is 19.7 Å². The number of hydrogen-bond acceptors (Lipinski definition) is 3. The van der Waals surface area contributed by atoms with Crippen LogP contribution >= 0.6 is 12.2 Å². The van der Waals surface area contributed by atoms with Crippen LogP contribution in [0.25, 0.3) is 5.69 Å². The molecular formula is C10H15N5S. The van der Waals surface area contributed by atoms with Crippen molar-refractivity contribution in [3.05, 3.63) is 22.5 Å². The highest BCUT2D eigenvalue weighted by Crippen LogP contribution is 2.16. The van der Waals surface area contributed by atoms with E-state index in [2.05, 4.69) is 29.1 Å². The van der Waals surface area contributed by atoms with E-state index in [1.54, 1.807) is 0 Å². The minimum atomic E-state index is 0.625. The maximum Gasteiger partial charge on any atom is 0.199 e. The Morgan fingerprint density at radius 1 is 1.38 bits per heavy atom. The van der Waals surface area contributed by atoms with E-state index in [4.69, 9.17) is 12.2 Å². The summed E-state index contributed by atoms with van der Waals surface area (Å²) >= 11 is 5.25. The molecule has 2 rings (SSSR count). The van der Waals surface area contributed by atoms with Crippen LogP contribution in [-0.2, 0) is 19.9 Å². The van der Waals surface area contributed by atoms with Gasteiger partial charge in [-0.05, 0) is 18.6 Å². The Balaban J connectivity index is 2.65. The average molecular weight is 237 g/mol. The SMILES string of the molecule is CCc1nn(C)cc1-n1c(CC)n[nH]c1=S. The Hall–Kier alpha value is -1.43. The highest BCUT2D eigenvalue weighted by molar-refractivity contribution is 7.71. The van der Waals surface area contributed by atoms with Crippen molar-refractivity contribution in [3.63, 3.8) is 0 Å². The number of aromatic nitrogens is 5. The molecule has 0 spiro atoms. The zero-order valence-electron chi connectivity index (χ0n) is 9.69. The van der Waals surface area contributed by atoms with Gasteiger partial charge < -0.3 is 0 Å². The van der Waals surface area contributed by atoms with E-state index in [9.17, 15) is 0 Å². The highest BCUT2D eigenvalue weighted by atomic mass is 32.1. The lowest BCUT2D eigenvalue weighted by Crippen LogP contribution is -2.02.